The molecule has 20 heavy (non-hydrogen) atoms. The van der Waals surface area contributed by atoms with Crippen LogP contribution in [0.25, 0.3) is 0 Å². The highest BCUT2D eigenvalue weighted by molar-refractivity contribution is 6.33. The smallest absolute Gasteiger partial charge is 0.255 e. The molecule has 0 aliphatic rings. The molecule has 0 N–H and O–H groups in total. The van der Waals surface area contributed by atoms with Crippen LogP contribution in [0.5, 0.6) is 0 Å². The molecule has 0 fully saturated rings. The van der Waals surface area contributed by atoms with Gasteiger partial charge in [-0.25, -0.2) is 0 Å². The molecule has 0 bridgehead atoms. The summed E-state index contributed by atoms with van der Waals surface area (Å²) < 4.78 is 1.78. The highest BCUT2D eigenvalue weighted by Gasteiger charge is 2.18. The summed E-state index contributed by atoms with van der Waals surface area (Å²) in [5, 5.41) is 5.16. The molecule has 0 aliphatic carbocycles. The van der Waals surface area contributed by atoms with Crippen LogP contribution in [-0.2, 0) is 13.1 Å². The van der Waals surface area contributed by atoms with Gasteiger partial charge >= 0.3 is 0 Å². The van der Waals surface area contributed by atoms with E-state index in [2.05, 4.69) is 5.10 Å². The fraction of sp³-hybridized carbons (Fsp3) is 0.286. The first kappa shape index (κ1) is 14.9. The Labute approximate surface area is 127 Å². The van der Waals surface area contributed by atoms with Crippen LogP contribution < -0.4 is 0 Å². The summed E-state index contributed by atoms with van der Waals surface area (Å²) in [7, 11) is 1.72. The largest absolute Gasteiger partial charge is 0.336 e. The summed E-state index contributed by atoms with van der Waals surface area (Å²) in [6, 6.07) is 6.99. The van der Waals surface area contributed by atoms with Crippen molar-refractivity contribution >= 4 is 29.1 Å². The Kier molecular flexibility index (Phi) is 4.68. The number of carbonyl (C=O) groups is 1. The summed E-state index contributed by atoms with van der Waals surface area (Å²) in [5.74, 6) is -0.143. The van der Waals surface area contributed by atoms with E-state index in [4.69, 9.17) is 23.2 Å². The number of carbonyl (C=O) groups excluding carboxylic acids is 1. The van der Waals surface area contributed by atoms with Crippen LogP contribution in [-0.4, -0.2) is 27.6 Å². The molecule has 4 nitrogen and oxygen atoms in total. The van der Waals surface area contributed by atoms with Gasteiger partial charge in [0.05, 0.1) is 34.0 Å². The topological polar surface area (TPSA) is 38.1 Å². The molecule has 106 valence electrons. The van der Waals surface area contributed by atoms with E-state index < -0.39 is 0 Å². The van der Waals surface area contributed by atoms with Crippen molar-refractivity contribution in [1.82, 2.24) is 14.7 Å². The predicted octanol–water partition coefficient (Wildman–Crippen LogP) is 3.48. The minimum Gasteiger partial charge on any atom is -0.336 e. The van der Waals surface area contributed by atoms with Crippen molar-refractivity contribution < 1.29 is 4.79 Å². The summed E-state index contributed by atoms with van der Waals surface area (Å²) in [6.07, 6.45) is 1.59. The van der Waals surface area contributed by atoms with E-state index in [-0.39, 0.29) is 5.91 Å². The highest BCUT2D eigenvalue weighted by atomic mass is 35.5. The van der Waals surface area contributed by atoms with Crippen LogP contribution in [0.15, 0.2) is 30.5 Å². The monoisotopic (exact) mass is 311 g/mol. The molecule has 2 aromatic rings. The molecule has 0 saturated carbocycles. The molecule has 1 heterocycles. The second kappa shape index (κ2) is 6.29. The van der Waals surface area contributed by atoms with Gasteiger partial charge in [-0.3, -0.25) is 9.48 Å². The summed E-state index contributed by atoms with van der Waals surface area (Å²) >= 11 is 12.1. The third kappa shape index (κ3) is 2.97. The van der Waals surface area contributed by atoms with Crippen molar-refractivity contribution in [3.63, 3.8) is 0 Å². The molecular weight excluding hydrogens is 297 g/mol. The zero-order valence-corrected chi connectivity index (χ0v) is 12.8. The number of hydrogen-bond donors (Lipinski definition) is 0. The molecule has 0 saturated heterocycles. The molecule has 0 spiro atoms. The third-order valence-electron chi connectivity index (χ3n) is 3.04. The molecule has 1 aromatic carbocycles. The number of benzene rings is 1. The maximum atomic E-state index is 12.4. The van der Waals surface area contributed by atoms with E-state index in [1.807, 2.05) is 6.92 Å². The first-order valence-corrected chi connectivity index (χ1v) is 7.00. The number of aromatic nitrogens is 2. The standard InChI is InChI=1S/C14H15Cl2N3O/c1-3-19-13(12(16)8-17-19)9-18(2)14(20)10-6-4-5-7-11(10)15/h4-8H,3,9H2,1-2H3. The molecule has 0 unspecified atom stereocenters. The number of halogens is 2. The molecule has 1 aromatic heterocycles. The Morgan fingerprint density at radius 2 is 2.00 bits per heavy atom. The number of hydrogen-bond acceptors (Lipinski definition) is 2. The lowest BCUT2D eigenvalue weighted by Crippen LogP contribution is -2.27. The Hall–Kier alpha value is -1.52. The number of aryl methyl sites for hydroxylation is 1. The SMILES string of the molecule is CCn1ncc(Cl)c1CN(C)C(=O)c1ccccc1Cl. The zero-order valence-electron chi connectivity index (χ0n) is 11.3. The minimum atomic E-state index is -0.143. The first-order valence-electron chi connectivity index (χ1n) is 6.24. The Morgan fingerprint density at radius 1 is 1.30 bits per heavy atom. The molecule has 0 aliphatic heterocycles. The number of nitrogens with zero attached hydrogens (tertiary/aromatic N) is 3. The molecule has 0 radical (unpaired) electrons. The lowest BCUT2D eigenvalue weighted by atomic mass is 10.2. The quantitative estimate of drug-likeness (QED) is 0.867. The number of amides is 1. The average Bonchev–Trinajstić information content (AvgIpc) is 2.79. The molecular formula is C14H15Cl2N3O. The normalized spacial score (nSPS) is 10.6. The Balaban J connectivity index is 2.20. The van der Waals surface area contributed by atoms with Gasteiger partial charge in [0.25, 0.3) is 5.91 Å². The number of rotatable bonds is 4. The van der Waals surface area contributed by atoms with Crippen LogP contribution in [0.2, 0.25) is 10.0 Å². The Bertz CT molecular complexity index is 625. The second-order valence-corrected chi connectivity index (χ2v) is 5.21. The average molecular weight is 312 g/mol. The molecule has 6 heteroatoms. The summed E-state index contributed by atoms with van der Waals surface area (Å²) in [4.78, 5) is 14.0. The second-order valence-electron chi connectivity index (χ2n) is 4.40. The third-order valence-corrected chi connectivity index (χ3v) is 3.68. The summed E-state index contributed by atoms with van der Waals surface area (Å²) in [5.41, 5.74) is 1.30. The maximum absolute atomic E-state index is 12.4. The predicted molar refractivity (Wildman–Crippen MR) is 80.2 cm³/mol. The molecule has 2 rings (SSSR count). The highest BCUT2D eigenvalue weighted by Crippen LogP contribution is 2.20. The lowest BCUT2D eigenvalue weighted by Gasteiger charge is -2.18. The van der Waals surface area contributed by atoms with Gasteiger partial charge in [0.2, 0.25) is 0 Å². The Morgan fingerprint density at radius 3 is 2.65 bits per heavy atom. The first-order chi connectivity index (χ1) is 9.54. The van der Waals surface area contributed by atoms with Crippen molar-refractivity contribution in [1.29, 1.82) is 0 Å². The van der Waals surface area contributed by atoms with Crippen molar-refractivity contribution in [3.05, 3.63) is 51.8 Å². The zero-order chi connectivity index (χ0) is 14.7. The summed E-state index contributed by atoms with van der Waals surface area (Å²) in [6.45, 7) is 3.07. The lowest BCUT2D eigenvalue weighted by molar-refractivity contribution is 0.0782. The van der Waals surface area contributed by atoms with Crippen LogP contribution in [0.3, 0.4) is 0 Å². The van der Waals surface area contributed by atoms with Gasteiger partial charge in [-0.1, -0.05) is 35.3 Å². The fourth-order valence-corrected chi connectivity index (χ4v) is 2.37. The van der Waals surface area contributed by atoms with Crippen molar-refractivity contribution in [2.75, 3.05) is 7.05 Å². The van der Waals surface area contributed by atoms with Gasteiger partial charge in [0, 0.05) is 13.6 Å². The van der Waals surface area contributed by atoms with E-state index in [9.17, 15) is 4.79 Å². The molecule has 1 amide bonds. The van der Waals surface area contributed by atoms with E-state index in [0.717, 1.165) is 5.69 Å². The van der Waals surface area contributed by atoms with E-state index in [1.54, 1.807) is 47.1 Å². The van der Waals surface area contributed by atoms with Gasteiger partial charge in [0.15, 0.2) is 0 Å². The van der Waals surface area contributed by atoms with Crippen LogP contribution >= 0.6 is 23.2 Å². The maximum Gasteiger partial charge on any atom is 0.255 e. The fourth-order valence-electron chi connectivity index (χ4n) is 1.95. The molecule has 0 atom stereocenters. The van der Waals surface area contributed by atoms with Gasteiger partial charge in [-0.15, -0.1) is 0 Å². The van der Waals surface area contributed by atoms with E-state index in [1.165, 1.54) is 0 Å². The van der Waals surface area contributed by atoms with Crippen molar-refractivity contribution in [2.24, 2.45) is 0 Å². The van der Waals surface area contributed by atoms with Gasteiger partial charge in [-0.2, -0.15) is 5.10 Å². The van der Waals surface area contributed by atoms with Gasteiger partial charge < -0.3 is 4.90 Å². The van der Waals surface area contributed by atoms with E-state index in [0.29, 0.717) is 28.7 Å². The minimum absolute atomic E-state index is 0.143. The van der Waals surface area contributed by atoms with Gasteiger partial charge in [-0.05, 0) is 19.1 Å². The van der Waals surface area contributed by atoms with Crippen LogP contribution in [0, 0.1) is 0 Å². The van der Waals surface area contributed by atoms with Crippen molar-refractivity contribution in [3.8, 4) is 0 Å². The van der Waals surface area contributed by atoms with Crippen LogP contribution in [0.4, 0.5) is 0 Å². The van der Waals surface area contributed by atoms with Gasteiger partial charge in [0.1, 0.15) is 0 Å². The van der Waals surface area contributed by atoms with E-state index >= 15 is 0 Å². The van der Waals surface area contributed by atoms with Crippen molar-refractivity contribution in [2.45, 2.75) is 20.0 Å². The van der Waals surface area contributed by atoms with Crippen LogP contribution in [0.1, 0.15) is 23.0 Å².